The zero-order valence-corrected chi connectivity index (χ0v) is 36.3. The summed E-state index contributed by atoms with van der Waals surface area (Å²) in [7, 11) is -3.00. The van der Waals surface area contributed by atoms with E-state index in [2.05, 4.69) is 10.1 Å². The van der Waals surface area contributed by atoms with Crippen LogP contribution >= 0.6 is 0 Å². The fraction of sp³-hybridized carbons (Fsp3) is 0.578. The van der Waals surface area contributed by atoms with Gasteiger partial charge in [0.25, 0.3) is 5.88 Å². The van der Waals surface area contributed by atoms with Gasteiger partial charge in [-0.1, -0.05) is 77.8 Å². The van der Waals surface area contributed by atoms with Crippen molar-refractivity contribution in [1.29, 1.82) is 0 Å². The Balaban J connectivity index is 1.43. The van der Waals surface area contributed by atoms with E-state index in [1.165, 1.54) is 6.07 Å². The monoisotopic (exact) mass is 837 g/mol. The molecule has 1 aromatic heterocycles. The number of rotatable bonds is 13. The fourth-order valence-corrected chi connectivity index (χ4v) is 10.8. The molecule has 7 rings (SSSR count). The van der Waals surface area contributed by atoms with E-state index in [9.17, 15) is 5.11 Å². The van der Waals surface area contributed by atoms with Gasteiger partial charge >= 0.3 is 6.18 Å². The Morgan fingerprint density at radius 2 is 1.71 bits per heavy atom. The summed E-state index contributed by atoms with van der Waals surface area (Å²) in [5.74, 6) is -4.02. The van der Waals surface area contributed by atoms with E-state index in [4.69, 9.17) is 24.2 Å². The Labute approximate surface area is 345 Å². The number of ketones is 2. The van der Waals surface area contributed by atoms with Crippen molar-refractivity contribution < 1.29 is 46.3 Å². The molecule has 1 saturated heterocycles. The number of alkyl halides is 3. The van der Waals surface area contributed by atoms with Crippen LogP contribution in [0.2, 0.25) is 18.1 Å². The normalized spacial score (nSPS) is 24.8. The number of carbonyl (C=O) groups excluding carboxylic acids is 2. The summed E-state index contributed by atoms with van der Waals surface area (Å²) in [6, 6.07) is 9.43. The van der Waals surface area contributed by atoms with Gasteiger partial charge in [0.2, 0.25) is 5.78 Å². The highest BCUT2D eigenvalue weighted by Crippen LogP contribution is 2.59. The smallest absolute Gasteiger partial charge is 0.417 e. The van der Waals surface area contributed by atoms with Gasteiger partial charge in [-0.05, 0) is 97.0 Å². The molecule has 3 aromatic rings. The van der Waals surface area contributed by atoms with E-state index in [0.29, 0.717) is 38.8 Å². The van der Waals surface area contributed by atoms with Crippen LogP contribution in [-0.2, 0) is 23.6 Å². The molecule has 1 aliphatic heterocycles. The average molecular weight is 838 g/mol. The Bertz CT molecular complexity index is 2110. The molecule has 2 aromatic carbocycles. The summed E-state index contributed by atoms with van der Waals surface area (Å²) in [5, 5.41) is 16.4. The number of fused-ring (bicyclic) bond motifs is 4. The quantitative estimate of drug-likeness (QED) is 0.126. The number of nitrogens with two attached hydrogens (primary N) is 1. The van der Waals surface area contributed by atoms with Crippen molar-refractivity contribution in [1.82, 2.24) is 10.1 Å². The topological polar surface area (TPSA) is 137 Å². The SMILES string of the molecule is CCCCOc1cc(C2CCCN2Cc2ccccc2)c(C(F)(F)F)c2c1C(=O)C1=C(O)[C@]3(O[Si](C)(C)C(C)(C)C)C(=O)c4c(OCCCC)noc4[C@@H](N)[C@@H]3C[C@@H]1C2. The van der Waals surface area contributed by atoms with Gasteiger partial charge < -0.3 is 29.3 Å². The first kappa shape index (κ1) is 43.1. The number of likely N-dealkylation sites (tertiary alicyclic amines) is 1. The predicted octanol–water partition coefficient (Wildman–Crippen LogP) is 10.2. The molecule has 2 heterocycles. The molecular formula is C45H58F3N3O7Si. The molecule has 0 spiro atoms. The van der Waals surface area contributed by atoms with Crippen LogP contribution < -0.4 is 15.2 Å². The van der Waals surface area contributed by atoms with Crippen molar-refractivity contribution in [2.24, 2.45) is 17.6 Å². The second-order valence-electron chi connectivity index (χ2n) is 18.2. The minimum Gasteiger partial charge on any atom is -0.508 e. The zero-order valence-electron chi connectivity index (χ0n) is 35.3. The zero-order chi connectivity index (χ0) is 42.7. The van der Waals surface area contributed by atoms with Crippen LogP contribution in [0.5, 0.6) is 11.6 Å². The van der Waals surface area contributed by atoms with Gasteiger partial charge in [0.15, 0.2) is 25.5 Å². The molecule has 0 amide bonds. The minimum atomic E-state index is -4.82. The second kappa shape index (κ2) is 16.1. The van der Waals surface area contributed by atoms with Crippen LogP contribution in [0.15, 0.2) is 52.3 Å². The number of aliphatic hydroxyl groups excluding tert-OH is 1. The molecule has 0 radical (unpaired) electrons. The Morgan fingerprint density at radius 3 is 2.36 bits per heavy atom. The first-order chi connectivity index (χ1) is 27.9. The number of aliphatic hydroxyl groups is 1. The number of aromatic nitrogens is 1. The number of ether oxygens (including phenoxy) is 2. The number of Topliss-reactive ketones (excluding diaryl/α,β-unsaturated/α-hetero) is 2. The van der Waals surface area contributed by atoms with Crippen LogP contribution in [-0.4, -0.2) is 60.4 Å². The predicted molar refractivity (Wildman–Crippen MR) is 219 cm³/mol. The van der Waals surface area contributed by atoms with Crippen molar-refractivity contribution in [3.05, 3.63) is 86.9 Å². The number of allylic oxidation sites excluding steroid dienone is 1. The van der Waals surface area contributed by atoms with Crippen LogP contribution in [0.1, 0.15) is 140 Å². The highest BCUT2D eigenvalue weighted by molar-refractivity contribution is 6.74. The van der Waals surface area contributed by atoms with Gasteiger partial charge in [-0.15, -0.1) is 0 Å². The summed E-state index contributed by atoms with van der Waals surface area (Å²) in [4.78, 5) is 32.5. The lowest BCUT2D eigenvalue weighted by Crippen LogP contribution is -2.64. The van der Waals surface area contributed by atoms with Gasteiger partial charge in [0.1, 0.15) is 17.1 Å². The number of carbonyl (C=O) groups is 2. The summed E-state index contributed by atoms with van der Waals surface area (Å²) in [6.45, 7) is 15.3. The summed E-state index contributed by atoms with van der Waals surface area (Å²) >= 11 is 0. The maximum atomic E-state index is 15.8. The molecule has 320 valence electrons. The van der Waals surface area contributed by atoms with Crippen LogP contribution in [0.4, 0.5) is 13.2 Å². The third kappa shape index (κ3) is 7.46. The van der Waals surface area contributed by atoms with E-state index in [0.717, 1.165) is 18.4 Å². The van der Waals surface area contributed by atoms with E-state index in [1.54, 1.807) is 0 Å². The van der Waals surface area contributed by atoms with E-state index < -0.39 is 71.9 Å². The molecule has 5 atom stereocenters. The van der Waals surface area contributed by atoms with Crippen LogP contribution in [0, 0.1) is 11.8 Å². The summed E-state index contributed by atoms with van der Waals surface area (Å²) in [6.07, 6.45) is -1.01. The molecular weight excluding hydrogens is 780 g/mol. The van der Waals surface area contributed by atoms with Crippen molar-refractivity contribution in [3.8, 4) is 11.6 Å². The lowest BCUT2D eigenvalue weighted by molar-refractivity contribution is -0.139. The molecule has 59 heavy (non-hydrogen) atoms. The number of halogens is 3. The number of hydrogen-bond donors (Lipinski definition) is 2. The first-order valence-electron chi connectivity index (χ1n) is 21.2. The molecule has 1 fully saturated rings. The maximum Gasteiger partial charge on any atom is 0.417 e. The molecule has 14 heteroatoms. The van der Waals surface area contributed by atoms with Gasteiger partial charge in [-0.2, -0.15) is 13.2 Å². The van der Waals surface area contributed by atoms with Gasteiger partial charge in [0.05, 0.1) is 30.4 Å². The van der Waals surface area contributed by atoms with Gasteiger partial charge in [-0.25, -0.2) is 0 Å². The minimum absolute atomic E-state index is 0.0324. The molecule has 0 saturated carbocycles. The van der Waals surface area contributed by atoms with Crippen LogP contribution in [0.3, 0.4) is 0 Å². The number of hydrogen-bond acceptors (Lipinski definition) is 10. The fourth-order valence-electron chi connectivity index (χ4n) is 9.33. The summed E-state index contributed by atoms with van der Waals surface area (Å²) < 4.78 is 72.3. The van der Waals surface area contributed by atoms with E-state index in [-0.39, 0.29) is 71.3 Å². The lowest BCUT2D eigenvalue weighted by Gasteiger charge is -2.54. The second-order valence-corrected chi connectivity index (χ2v) is 22.9. The van der Waals surface area contributed by atoms with Crippen LogP contribution in [0.25, 0.3) is 0 Å². The number of nitrogens with zero attached hydrogens (tertiary/aromatic N) is 2. The van der Waals surface area contributed by atoms with Gasteiger partial charge in [-0.3, -0.25) is 14.5 Å². The molecule has 3 N–H and O–H groups in total. The average Bonchev–Trinajstić information content (AvgIpc) is 3.81. The molecule has 10 nitrogen and oxygen atoms in total. The molecule has 0 bridgehead atoms. The lowest BCUT2D eigenvalue weighted by atomic mass is 9.58. The largest absolute Gasteiger partial charge is 0.508 e. The third-order valence-corrected chi connectivity index (χ3v) is 17.8. The van der Waals surface area contributed by atoms with Crippen molar-refractivity contribution >= 4 is 19.9 Å². The van der Waals surface area contributed by atoms with Crippen molar-refractivity contribution in [2.45, 2.75) is 135 Å². The third-order valence-electron chi connectivity index (χ3n) is 13.4. The number of unbranched alkanes of at least 4 members (excludes halogenated alkanes) is 2. The van der Waals surface area contributed by atoms with E-state index >= 15 is 22.8 Å². The Kier molecular flexibility index (Phi) is 11.8. The highest BCUT2D eigenvalue weighted by atomic mass is 28.4. The molecule has 1 unspecified atom stereocenters. The molecule has 3 aliphatic carbocycles. The van der Waals surface area contributed by atoms with Crippen molar-refractivity contribution in [2.75, 3.05) is 19.8 Å². The Hall–Kier alpha value is -3.98. The van der Waals surface area contributed by atoms with Gasteiger partial charge in [0, 0.05) is 24.1 Å². The standard InChI is InChI=1S/C45H58F3N3O7Si/c1-8-10-20-55-32-24-28(31-18-15-19-51(31)25-26-16-13-12-14-17-26)36(45(46,47)48)29-22-27-23-30-37(49)39-35(42(50-57-39)56-21-11-9-2)41(54)44(30,58-59(6,7)43(3,4)5)40(53)33(27)38(52)34(29)32/h12-14,16-17,24,27,30-31,37,53H,8-11,15,18-23,25,49H2,1-7H3/t27-,30-,31?,37-,44-/m0/s1. The summed E-state index contributed by atoms with van der Waals surface area (Å²) in [5.41, 5.74) is 4.51. The van der Waals surface area contributed by atoms with E-state index in [1.807, 2.05) is 78.0 Å². The maximum absolute atomic E-state index is 15.8. The highest BCUT2D eigenvalue weighted by Gasteiger charge is 2.66. The number of benzene rings is 2. The molecule has 4 aliphatic rings. The first-order valence-corrected chi connectivity index (χ1v) is 24.1. The van der Waals surface area contributed by atoms with Crippen molar-refractivity contribution in [3.63, 3.8) is 0 Å². The Morgan fingerprint density at radius 1 is 1.03 bits per heavy atom.